The van der Waals surface area contributed by atoms with Crippen LogP contribution in [-0.2, 0) is 9.53 Å². The normalized spacial score (nSPS) is 11.6. The molecular formula is C19H22N2O3. The van der Waals surface area contributed by atoms with Crippen LogP contribution in [0, 0.1) is 0 Å². The van der Waals surface area contributed by atoms with E-state index in [0.717, 1.165) is 5.56 Å². The van der Waals surface area contributed by atoms with E-state index in [1.54, 1.807) is 31.2 Å². The molecule has 5 nitrogen and oxygen atoms in total. The first-order valence-corrected chi connectivity index (χ1v) is 7.95. The quantitative estimate of drug-likeness (QED) is 0.767. The lowest BCUT2D eigenvalue weighted by Crippen LogP contribution is -2.30. The van der Waals surface area contributed by atoms with Crippen molar-refractivity contribution in [1.29, 1.82) is 0 Å². The summed E-state index contributed by atoms with van der Waals surface area (Å²) in [6, 6.07) is 16.7. The van der Waals surface area contributed by atoms with Crippen LogP contribution in [-0.4, -0.2) is 25.0 Å². The maximum absolute atomic E-state index is 12.0. The molecule has 2 rings (SSSR count). The molecule has 2 aromatic rings. The van der Waals surface area contributed by atoms with E-state index < -0.39 is 0 Å². The molecule has 1 amide bonds. The Bertz CT molecular complexity index is 669. The number of nitrogens with one attached hydrogen (secondary N) is 2. The summed E-state index contributed by atoms with van der Waals surface area (Å²) in [5.74, 6) is -0.504. The van der Waals surface area contributed by atoms with Crippen molar-refractivity contribution >= 4 is 17.6 Å². The number of ether oxygens (including phenoxy) is 1. The lowest BCUT2D eigenvalue weighted by atomic mass is 10.1. The first-order chi connectivity index (χ1) is 11.6. The van der Waals surface area contributed by atoms with Crippen LogP contribution in [0.1, 0.15) is 35.8 Å². The van der Waals surface area contributed by atoms with Crippen molar-refractivity contribution in [3.8, 4) is 0 Å². The minimum Gasteiger partial charge on any atom is -0.462 e. The van der Waals surface area contributed by atoms with Crippen molar-refractivity contribution in [2.24, 2.45) is 0 Å². The highest BCUT2D eigenvalue weighted by atomic mass is 16.5. The van der Waals surface area contributed by atoms with Crippen LogP contribution in [0.3, 0.4) is 0 Å². The molecule has 1 atom stereocenters. The summed E-state index contributed by atoms with van der Waals surface area (Å²) < 4.78 is 4.92. The number of hydrogen-bond acceptors (Lipinski definition) is 4. The van der Waals surface area contributed by atoms with E-state index in [2.05, 4.69) is 10.6 Å². The fourth-order valence-electron chi connectivity index (χ4n) is 2.21. The van der Waals surface area contributed by atoms with Crippen LogP contribution in [0.2, 0.25) is 0 Å². The lowest BCUT2D eigenvalue weighted by Gasteiger charge is -2.14. The van der Waals surface area contributed by atoms with E-state index in [-0.39, 0.29) is 24.5 Å². The summed E-state index contributed by atoms with van der Waals surface area (Å²) >= 11 is 0. The molecule has 0 aliphatic carbocycles. The van der Waals surface area contributed by atoms with Gasteiger partial charge in [0.25, 0.3) is 0 Å². The fraction of sp³-hybridized carbons (Fsp3) is 0.263. The van der Waals surface area contributed by atoms with Gasteiger partial charge in [0, 0.05) is 11.7 Å². The van der Waals surface area contributed by atoms with E-state index in [4.69, 9.17) is 4.74 Å². The Kier molecular flexibility index (Phi) is 6.51. The zero-order chi connectivity index (χ0) is 17.4. The Balaban J connectivity index is 1.83. The third kappa shape index (κ3) is 5.21. The van der Waals surface area contributed by atoms with E-state index in [1.165, 1.54) is 0 Å². The van der Waals surface area contributed by atoms with Crippen LogP contribution in [0.5, 0.6) is 0 Å². The zero-order valence-corrected chi connectivity index (χ0v) is 13.9. The highest BCUT2D eigenvalue weighted by Crippen LogP contribution is 2.12. The summed E-state index contributed by atoms with van der Waals surface area (Å²) in [4.78, 5) is 23.6. The van der Waals surface area contributed by atoms with Crippen LogP contribution < -0.4 is 10.6 Å². The van der Waals surface area contributed by atoms with Gasteiger partial charge in [0.1, 0.15) is 0 Å². The lowest BCUT2D eigenvalue weighted by molar-refractivity contribution is -0.115. The number of hydrogen-bond donors (Lipinski definition) is 2. The van der Waals surface area contributed by atoms with Gasteiger partial charge in [-0.3, -0.25) is 4.79 Å². The molecule has 0 spiro atoms. The number of amides is 1. The Labute approximate surface area is 142 Å². The average molecular weight is 326 g/mol. The smallest absolute Gasteiger partial charge is 0.338 e. The highest BCUT2D eigenvalue weighted by Gasteiger charge is 2.09. The van der Waals surface area contributed by atoms with E-state index in [1.807, 2.05) is 37.3 Å². The van der Waals surface area contributed by atoms with Crippen LogP contribution >= 0.6 is 0 Å². The average Bonchev–Trinajstić information content (AvgIpc) is 2.61. The monoisotopic (exact) mass is 326 g/mol. The van der Waals surface area contributed by atoms with Gasteiger partial charge in [0.15, 0.2) is 0 Å². The van der Waals surface area contributed by atoms with Gasteiger partial charge in [-0.05, 0) is 43.7 Å². The molecule has 2 N–H and O–H groups in total. The Morgan fingerprint density at radius 1 is 1.04 bits per heavy atom. The van der Waals surface area contributed by atoms with Crippen molar-refractivity contribution < 1.29 is 14.3 Å². The highest BCUT2D eigenvalue weighted by molar-refractivity contribution is 5.94. The molecule has 0 unspecified atom stereocenters. The summed E-state index contributed by atoms with van der Waals surface area (Å²) in [7, 11) is 0. The predicted octanol–water partition coefficient (Wildman–Crippen LogP) is 3.15. The topological polar surface area (TPSA) is 67.4 Å². The van der Waals surface area contributed by atoms with Gasteiger partial charge in [-0.15, -0.1) is 0 Å². The molecule has 0 aliphatic heterocycles. The second-order valence-electron chi connectivity index (χ2n) is 5.36. The van der Waals surface area contributed by atoms with E-state index >= 15 is 0 Å². The van der Waals surface area contributed by atoms with Gasteiger partial charge in [0.2, 0.25) is 5.91 Å². The zero-order valence-electron chi connectivity index (χ0n) is 13.9. The standard InChI is InChI=1S/C19H22N2O3/c1-3-24-19(23)16-9-11-17(12-10-16)21-18(22)13-20-14(2)15-7-5-4-6-8-15/h4-12,14,20H,3,13H2,1-2H3,(H,21,22)/t14-/m0/s1. The van der Waals surface area contributed by atoms with Crippen molar-refractivity contribution in [2.75, 3.05) is 18.5 Å². The molecule has 5 heteroatoms. The SMILES string of the molecule is CCOC(=O)c1ccc(NC(=O)CN[C@@H](C)c2ccccc2)cc1. The summed E-state index contributed by atoms with van der Waals surface area (Å²) in [6.07, 6.45) is 0. The fourth-order valence-corrected chi connectivity index (χ4v) is 2.21. The largest absolute Gasteiger partial charge is 0.462 e. The Hall–Kier alpha value is -2.66. The predicted molar refractivity (Wildman–Crippen MR) is 93.9 cm³/mol. The van der Waals surface area contributed by atoms with Crippen LogP contribution in [0.15, 0.2) is 54.6 Å². The molecule has 126 valence electrons. The molecule has 0 saturated heterocycles. The first-order valence-electron chi connectivity index (χ1n) is 7.95. The van der Waals surface area contributed by atoms with Gasteiger partial charge in [-0.1, -0.05) is 30.3 Å². The third-order valence-electron chi connectivity index (χ3n) is 3.55. The number of esters is 1. The second-order valence-corrected chi connectivity index (χ2v) is 5.36. The van der Waals surface area contributed by atoms with Crippen molar-refractivity contribution in [3.63, 3.8) is 0 Å². The van der Waals surface area contributed by atoms with Crippen LogP contribution in [0.25, 0.3) is 0 Å². The third-order valence-corrected chi connectivity index (χ3v) is 3.55. The van der Waals surface area contributed by atoms with Gasteiger partial charge in [0.05, 0.1) is 18.7 Å². The maximum Gasteiger partial charge on any atom is 0.338 e. The van der Waals surface area contributed by atoms with Gasteiger partial charge in [-0.2, -0.15) is 0 Å². The number of carbonyl (C=O) groups excluding carboxylic acids is 2. The molecule has 0 aliphatic rings. The van der Waals surface area contributed by atoms with Crippen molar-refractivity contribution in [2.45, 2.75) is 19.9 Å². The molecule has 2 aromatic carbocycles. The summed E-state index contributed by atoms with van der Waals surface area (Å²) in [5, 5.41) is 5.97. The first kappa shape index (κ1) is 17.7. The summed E-state index contributed by atoms with van der Waals surface area (Å²) in [5.41, 5.74) is 2.23. The van der Waals surface area contributed by atoms with Crippen LogP contribution in [0.4, 0.5) is 5.69 Å². The maximum atomic E-state index is 12.0. The van der Waals surface area contributed by atoms with Gasteiger partial charge < -0.3 is 15.4 Å². The minimum atomic E-state index is -0.367. The molecule has 0 radical (unpaired) electrons. The summed E-state index contributed by atoms with van der Waals surface area (Å²) in [6.45, 7) is 4.31. The molecule has 0 heterocycles. The molecule has 0 saturated carbocycles. The molecular weight excluding hydrogens is 304 g/mol. The second kappa shape index (κ2) is 8.84. The molecule has 0 aromatic heterocycles. The Morgan fingerprint density at radius 3 is 2.33 bits per heavy atom. The molecule has 0 fully saturated rings. The van der Waals surface area contributed by atoms with E-state index in [0.29, 0.717) is 17.9 Å². The number of rotatable bonds is 7. The number of anilines is 1. The molecule has 24 heavy (non-hydrogen) atoms. The van der Waals surface area contributed by atoms with Crippen molar-refractivity contribution in [1.82, 2.24) is 5.32 Å². The van der Waals surface area contributed by atoms with E-state index in [9.17, 15) is 9.59 Å². The number of carbonyl (C=O) groups is 2. The molecule has 0 bridgehead atoms. The Morgan fingerprint density at radius 2 is 1.71 bits per heavy atom. The van der Waals surface area contributed by atoms with Gasteiger partial charge in [-0.25, -0.2) is 4.79 Å². The minimum absolute atomic E-state index is 0.0862. The van der Waals surface area contributed by atoms with Gasteiger partial charge >= 0.3 is 5.97 Å². The number of benzene rings is 2. The van der Waals surface area contributed by atoms with Crippen molar-refractivity contribution in [3.05, 3.63) is 65.7 Å².